The standard InChI is InChI=1S/C26H19FN2O5S/c1-33-17-8-3-14(4-9-17)22-21(23(30)15-5-10-18(34-2)11-6-15)24(31)25(32)29(22)26-28-19-12-7-16(27)13-20(19)35-26/h3-13,22,30H,1-2H3/t22-/m0/s1. The minimum atomic E-state index is -0.951. The minimum Gasteiger partial charge on any atom is -0.507 e. The van der Waals surface area contributed by atoms with Crippen LogP contribution in [0.2, 0.25) is 0 Å². The highest BCUT2D eigenvalue weighted by Crippen LogP contribution is 2.44. The largest absolute Gasteiger partial charge is 0.507 e. The van der Waals surface area contributed by atoms with Gasteiger partial charge in [-0.1, -0.05) is 23.5 Å². The fourth-order valence-electron chi connectivity index (χ4n) is 4.03. The van der Waals surface area contributed by atoms with Crippen LogP contribution >= 0.6 is 11.3 Å². The third-order valence-corrected chi connectivity index (χ3v) is 6.80. The Morgan fingerprint density at radius 2 is 1.60 bits per heavy atom. The molecule has 2 heterocycles. The van der Waals surface area contributed by atoms with Crippen LogP contribution < -0.4 is 14.4 Å². The maximum atomic E-state index is 13.8. The van der Waals surface area contributed by atoms with E-state index in [4.69, 9.17) is 9.47 Å². The number of hydrogen-bond donors (Lipinski definition) is 1. The predicted molar refractivity (Wildman–Crippen MR) is 130 cm³/mol. The number of rotatable bonds is 5. The molecule has 0 aliphatic carbocycles. The summed E-state index contributed by atoms with van der Waals surface area (Å²) in [6, 6.07) is 16.5. The van der Waals surface area contributed by atoms with Gasteiger partial charge in [0.05, 0.1) is 36.1 Å². The van der Waals surface area contributed by atoms with E-state index in [1.54, 1.807) is 48.5 Å². The Bertz CT molecular complexity index is 1480. The van der Waals surface area contributed by atoms with E-state index in [-0.39, 0.29) is 16.5 Å². The normalized spacial score (nSPS) is 17.2. The SMILES string of the molecule is COc1ccc(C(O)=C2C(=O)C(=O)N(c3nc4ccc(F)cc4s3)[C@H]2c2ccc(OC)cc2)cc1. The van der Waals surface area contributed by atoms with E-state index in [2.05, 4.69) is 4.98 Å². The Hall–Kier alpha value is -4.24. The summed E-state index contributed by atoms with van der Waals surface area (Å²) in [5.41, 5.74) is 1.35. The van der Waals surface area contributed by atoms with Crippen molar-refractivity contribution < 1.29 is 28.6 Å². The van der Waals surface area contributed by atoms with Crippen molar-refractivity contribution in [2.75, 3.05) is 19.1 Å². The smallest absolute Gasteiger partial charge is 0.301 e. The minimum absolute atomic E-state index is 0.0734. The molecule has 0 spiro atoms. The van der Waals surface area contributed by atoms with Crippen molar-refractivity contribution >= 4 is 44.1 Å². The maximum Gasteiger partial charge on any atom is 0.301 e. The fraction of sp³-hybridized carbons (Fsp3) is 0.115. The van der Waals surface area contributed by atoms with Gasteiger partial charge in [0.15, 0.2) is 5.13 Å². The molecule has 0 radical (unpaired) electrons. The summed E-state index contributed by atoms with van der Waals surface area (Å²) < 4.78 is 24.7. The van der Waals surface area contributed by atoms with Gasteiger partial charge in [-0.15, -0.1) is 0 Å². The van der Waals surface area contributed by atoms with Gasteiger partial charge in [0.25, 0.3) is 5.78 Å². The predicted octanol–water partition coefficient (Wildman–Crippen LogP) is 5.08. The lowest BCUT2D eigenvalue weighted by Crippen LogP contribution is -2.29. The van der Waals surface area contributed by atoms with Crippen LogP contribution in [0.3, 0.4) is 0 Å². The summed E-state index contributed by atoms with van der Waals surface area (Å²) in [7, 11) is 3.05. The lowest BCUT2D eigenvalue weighted by Gasteiger charge is -2.23. The quantitative estimate of drug-likeness (QED) is 0.239. The van der Waals surface area contributed by atoms with Crippen LogP contribution in [-0.4, -0.2) is 36.0 Å². The highest BCUT2D eigenvalue weighted by molar-refractivity contribution is 7.22. The second kappa shape index (κ2) is 8.84. The van der Waals surface area contributed by atoms with E-state index in [1.165, 1.54) is 37.3 Å². The molecule has 176 valence electrons. The van der Waals surface area contributed by atoms with Crippen LogP contribution in [0.15, 0.2) is 72.3 Å². The molecule has 1 fully saturated rings. The summed E-state index contributed by atoms with van der Waals surface area (Å²) >= 11 is 1.09. The van der Waals surface area contributed by atoms with Crippen molar-refractivity contribution in [3.8, 4) is 11.5 Å². The Labute approximate surface area is 203 Å². The van der Waals surface area contributed by atoms with Crippen LogP contribution in [0, 0.1) is 5.82 Å². The molecule has 4 aromatic rings. The third kappa shape index (κ3) is 3.89. The van der Waals surface area contributed by atoms with Gasteiger partial charge in [0, 0.05) is 5.56 Å². The first kappa shape index (κ1) is 22.5. The van der Waals surface area contributed by atoms with Crippen LogP contribution in [0.5, 0.6) is 11.5 Å². The Kier molecular flexibility index (Phi) is 5.70. The van der Waals surface area contributed by atoms with Crippen molar-refractivity contribution in [2.45, 2.75) is 6.04 Å². The number of anilines is 1. The number of halogens is 1. The Morgan fingerprint density at radius 3 is 2.23 bits per heavy atom. The van der Waals surface area contributed by atoms with Crippen molar-refractivity contribution in [2.24, 2.45) is 0 Å². The lowest BCUT2D eigenvalue weighted by molar-refractivity contribution is -0.132. The molecule has 1 aromatic heterocycles. The van der Waals surface area contributed by atoms with Gasteiger partial charge in [-0.2, -0.15) is 0 Å². The van der Waals surface area contributed by atoms with E-state index >= 15 is 0 Å². The number of amides is 1. The van der Waals surface area contributed by atoms with Gasteiger partial charge in [-0.3, -0.25) is 14.5 Å². The molecule has 0 unspecified atom stereocenters. The molecule has 35 heavy (non-hydrogen) atoms. The summed E-state index contributed by atoms with van der Waals surface area (Å²) in [6.45, 7) is 0. The van der Waals surface area contributed by atoms with Gasteiger partial charge >= 0.3 is 5.91 Å². The number of carbonyl (C=O) groups excluding carboxylic acids is 2. The molecular formula is C26H19FN2O5S. The molecule has 1 saturated heterocycles. The number of carbonyl (C=O) groups is 2. The summed E-state index contributed by atoms with van der Waals surface area (Å²) in [4.78, 5) is 32.3. The van der Waals surface area contributed by atoms with Crippen molar-refractivity contribution in [1.82, 2.24) is 4.98 Å². The molecule has 0 bridgehead atoms. The summed E-state index contributed by atoms with van der Waals surface area (Å²) in [5, 5.41) is 11.4. The van der Waals surface area contributed by atoms with E-state index in [0.717, 1.165) is 11.3 Å². The number of aliphatic hydroxyl groups excluding tert-OH is 1. The number of hydrogen-bond acceptors (Lipinski definition) is 7. The average Bonchev–Trinajstić information content (AvgIpc) is 3.41. The number of aromatic nitrogens is 1. The Balaban J connectivity index is 1.70. The van der Waals surface area contributed by atoms with E-state index in [9.17, 15) is 19.1 Å². The average molecular weight is 491 g/mol. The first-order chi connectivity index (χ1) is 16.9. The second-order valence-electron chi connectivity index (χ2n) is 7.78. The molecule has 3 aromatic carbocycles. The summed E-state index contributed by atoms with van der Waals surface area (Å²) in [5.74, 6) is -1.25. The molecule has 1 N–H and O–H groups in total. The number of ether oxygens (including phenoxy) is 2. The van der Waals surface area contributed by atoms with Gasteiger partial charge in [0.1, 0.15) is 23.1 Å². The van der Waals surface area contributed by atoms with Gasteiger partial charge in [0.2, 0.25) is 0 Å². The van der Waals surface area contributed by atoms with Crippen LogP contribution in [0.4, 0.5) is 9.52 Å². The zero-order valence-corrected chi connectivity index (χ0v) is 19.5. The molecule has 1 aliphatic rings. The third-order valence-electron chi connectivity index (χ3n) is 5.78. The maximum absolute atomic E-state index is 13.8. The second-order valence-corrected chi connectivity index (χ2v) is 8.79. The van der Waals surface area contributed by atoms with Crippen LogP contribution in [0.1, 0.15) is 17.2 Å². The number of methoxy groups -OCH3 is 2. The number of nitrogens with zero attached hydrogens (tertiary/aromatic N) is 2. The summed E-state index contributed by atoms with van der Waals surface area (Å²) in [6.07, 6.45) is 0. The van der Waals surface area contributed by atoms with Crippen molar-refractivity contribution in [1.29, 1.82) is 0 Å². The zero-order valence-electron chi connectivity index (χ0n) is 18.7. The number of thiazole rings is 1. The number of benzene rings is 3. The van der Waals surface area contributed by atoms with E-state index in [0.29, 0.717) is 32.8 Å². The molecule has 7 nitrogen and oxygen atoms in total. The van der Waals surface area contributed by atoms with Crippen LogP contribution in [0.25, 0.3) is 16.0 Å². The first-order valence-corrected chi connectivity index (χ1v) is 11.4. The number of aliphatic hydroxyl groups is 1. The Morgan fingerprint density at radius 1 is 0.971 bits per heavy atom. The number of ketones is 1. The van der Waals surface area contributed by atoms with E-state index in [1.807, 2.05) is 0 Å². The highest BCUT2D eigenvalue weighted by Gasteiger charge is 2.48. The zero-order chi connectivity index (χ0) is 24.7. The fourth-order valence-corrected chi connectivity index (χ4v) is 5.04. The van der Waals surface area contributed by atoms with Crippen molar-refractivity contribution in [3.05, 3.63) is 89.2 Å². The molecule has 0 saturated carbocycles. The van der Waals surface area contributed by atoms with Gasteiger partial charge < -0.3 is 14.6 Å². The van der Waals surface area contributed by atoms with Gasteiger partial charge in [-0.05, 0) is 60.2 Å². The number of Topliss-reactive ketones (excluding diaryl/α,β-unsaturated/α-hetero) is 1. The first-order valence-electron chi connectivity index (χ1n) is 10.6. The highest BCUT2D eigenvalue weighted by atomic mass is 32.1. The van der Waals surface area contributed by atoms with Crippen LogP contribution in [-0.2, 0) is 9.59 Å². The molecule has 5 rings (SSSR count). The molecule has 1 aliphatic heterocycles. The molecular weight excluding hydrogens is 471 g/mol. The topological polar surface area (TPSA) is 89.0 Å². The molecule has 1 atom stereocenters. The van der Waals surface area contributed by atoms with Gasteiger partial charge in [-0.25, -0.2) is 9.37 Å². The van der Waals surface area contributed by atoms with Crippen molar-refractivity contribution in [3.63, 3.8) is 0 Å². The lowest BCUT2D eigenvalue weighted by atomic mass is 9.95. The molecule has 9 heteroatoms. The van der Waals surface area contributed by atoms with E-state index < -0.39 is 23.5 Å². The monoisotopic (exact) mass is 490 g/mol. The molecule has 1 amide bonds. The number of fused-ring (bicyclic) bond motifs is 1.